The molecule has 2 aromatic rings. The molecule has 0 bridgehead atoms. The molecule has 0 saturated carbocycles. The van der Waals surface area contributed by atoms with Gasteiger partial charge in [-0.2, -0.15) is 12.6 Å². The van der Waals surface area contributed by atoms with E-state index in [0.29, 0.717) is 56.3 Å². The number of likely N-dealkylation sites (tertiary alicyclic amines) is 1. The number of hydrogen-bond donors (Lipinski definition) is 1. The molecular formula is C29H44N4O5S. The summed E-state index contributed by atoms with van der Waals surface area (Å²) < 4.78 is 16.4. The predicted octanol–water partition coefficient (Wildman–Crippen LogP) is 6.01. The predicted molar refractivity (Wildman–Crippen MR) is 158 cm³/mol. The van der Waals surface area contributed by atoms with Gasteiger partial charge in [-0.15, -0.1) is 0 Å². The Morgan fingerprint density at radius 3 is 2.33 bits per heavy atom. The number of ether oxygens (including phenoxy) is 3. The van der Waals surface area contributed by atoms with E-state index >= 15 is 0 Å². The van der Waals surface area contributed by atoms with Crippen molar-refractivity contribution in [3.05, 3.63) is 47.7 Å². The third-order valence-corrected chi connectivity index (χ3v) is 6.32. The molecule has 1 fully saturated rings. The SMILES string of the molecule is CC.COc1ccc(CN2C(=O)N(C3CCN(C(=O)OC(C)(C)C)CC3)Cc3cccnc32)c(OC)c1.CS. The van der Waals surface area contributed by atoms with Crippen LogP contribution >= 0.6 is 12.6 Å². The molecule has 4 rings (SSSR count). The number of rotatable bonds is 5. The number of piperidine rings is 1. The Balaban J connectivity index is 0.00000127. The highest BCUT2D eigenvalue weighted by Gasteiger charge is 2.38. The molecule has 216 valence electrons. The highest BCUT2D eigenvalue weighted by atomic mass is 32.1. The van der Waals surface area contributed by atoms with Crippen molar-refractivity contribution in [2.75, 3.05) is 38.5 Å². The first-order valence-electron chi connectivity index (χ1n) is 13.4. The highest BCUT2D eigenvalue weighted by Crippen LogP contribution is 2.34. The van der Waals surface area contributed by atoms with E-state index in [1.807, 2.05) is 69.9 Å². The van der Waals surface area contributed by atoms with E-state index in [2.05, 4.69) is 17.6 Å². The summed E-state index contributed by atoms with van der Waals surface area (Å²) in [6.45, 7) is 11.5. The number of hydrogen-bond acceptors (Lipinski definition) is 7. The summed E-state index contributed by atoms with van der Waals surface area (Å²) in [4.78, 5) is 36.1. The lowest BCUT2D eigenvalue weighted by Gasteiger charge is -2.43. The van der Waals surface area contributed by atoms with Gasteiger partial charge in [-0.3, -0.25) is 4.90 Å². The van der Waals surface area contributed by atoms with Gasteiger partial charge in [-0.1, -0.05) is 19.9 Å². The van der Waals surface area contributed by atoms with E-state index < -0.39 is 5.60 Å². The number of pyridine rings is 1. The summed E-state index contributed by atoms with van der Waals surface area (Å²) in [7, 11) is 3.21. The maximum atomic E-state index is 13.8. The number of aromatic nitrogens is 1. The molecule has 10 heteroatoms. The topological polar surface area (TPSA) is 84.4 Å². The second-order valence-corrected chi connectivity index (χ2v) is 9.86. The summed E-state index contributed by atoms with van der Waals surface area (Å²) in [5.74, 6) is 2.00. The number of benzene rings is 1. The van der Waals surface area contributed by atoms with Crippen LogP contribution in [0, 0.1) is 0 Å². The van der Waals surface area contributed by atoms with Gasteiger partial charge in [-0.05, 0) is 58.1 Å². The average Bonchev–Trinajstić information content (AvgIpc) is 2.95. The number of urea groups is 1. The molecule has 3 heterocycles. The maximum Gasteiger partial charge on any atom is 0.410 e. The van der Waals surface area contributed by atoms with Crippen LogP contribution in [0.25, 0.3) is 0 Å². The van der Waals surface area contributed by atoms with Gasteiger partial charge in [0.05, 0.1) is 27.3 Å². The molecular weight excluding hydrogens is 516 g/mol. The smallest absolute Gasteiger partial charge is 0.410 e. The third kappa shape index (κ3) is 8.17. The first kappa shape index (κ1) is 32.1. The molecule has 0 atom stereocenters. The van der Waals surface area contributed by atoms with Crippen LogP contribution in [-0.2, 0) is 17.8 Å². The van der Waals surface area contributed by atoms with Gasteiger partial charge in [-0.25, -0.2) is 14.6 Å². The molecule has 2 aliphatic heterocycles. The Labute approximate surface area is 238 Å². The van der Waals surface area contributed by atoms with Crippen molar-refractivity contribution < 1.29 is 23.8 Å². The first-order chi connectivity index (χ1) is 18.7. The molecule has 0 radical (unpaired) electrons. The zero-order valence-electron chi connectivity index (χ0n) is 24.6. The van der Waals surface area contributed by atoms with E-state index in [9.17, 15) is 9.59 Å². The minimum Gasteiger partial charge on any atom is -0.497 e. The summed E-state index contributed by atoms with van der Waals surface area (Å²) in [5.41, 5.74) is 1.32. The van der Waals surface area contributed by atoms with Gasteiger partial charge >= 0.3 is 12.1 Å². The molecule has 1 aromatic carbocycles. The lowest BCUT2D eigenvalue weighted by molar-refractivity contribution is 0.0161. The number of nitrogens with zero attached hydrogens (tertiary/aromatic N) is 4. The van der Waals surface area contributed by atoms with Crippen molar-refractivity contribution in [3.8, 4) is 11.5 Å². The van der Waals surface area contributed by atoms with Gasteiger partial charge in [0.15, 0.2) is 0 Å². The van der Waals surface area contributed by atoms with Crippen LogP contribution in [0.4, 0.5) is 15.4 Å². The van der Waals surface area contributed by atoms with Gasteiger partial charge in [0, 0.05) is 42.5 Å². The lowest BCUT2D eigenvalue weighted by atomic mass is 10.0. The lowest BCUT2D eigenvalue weighted by Crippen LogP contribution is -2.55. The summed E-state index contributed by atoms with van der Waals surface area (Å²) in [5, 5.41) is 0. The van der Waals surface area contributed by atoms with Crippen LogP contribution in [0.15, 0.2) is 36.5 Å². The fraction of sp³-hybridized carbons (Fsp3) is 0.552. The number of anilines is 1. The number of amides is 3. The van der Waals surface area contributed by atoms with Crippen LogP contribution < -0.4 is 14.4 Å². The monoisotopic (exact) mass is 560 g/mol. The van der Waals surface area contributed by atoms with Crippen molar-refractivity contribution in [3.63, 3.8) is 0 Å². The second-order valence-electron chi connectivity index (χ2n) is 9.86. The highest BCUT2D eigenvalue weighted by molar-refractivity contribution is 7.79. The minimum absolute atomic E-state index is 0.0230. The molecule has 39 heavy (non-hydrogen) atoms. The van der Waals surface area contributed by atoms with Crippen molar-refractivity contribution in [2.45, 2.75) is 72.2 Å². The van der Waals surface area contributed by atoms with Crippen LogP contribution in [0.5, 0.6) is 11.5 Å². The summed E-state index contributed by atoms with van der Waals surface area (Å²) >= 11 is 3.53. The van der Waals surface area contributed by atoms with Crippen molar-refractivity contribution >= 4 is 30.6 Å². The number of carbonyl (C=O) groups is 2. The van der Waals surface area contributed by atoms with Gasteiger partial charge < -0.3 is 24.0 Å². The van der Waals surface area contributed by atoms with E-state index in [4.69, 9.17) is 14.2 Å². The van der Waals surface area contributed by atoms with E-state index in [1.54, 1.807) is 36.5 Å². The molecule has 3 amide bonds. The Morgan fingerprint density at radius 1 is 1.08 bits per heavy atom. The summed E-state index contributed by atoms with van der Waals surface area (Å²) in [6.07, 6.45) is 4.49. The normalized spacial score (nSPS) is 15.3. The van der Waals surface area contributed by atoms with E-state index in [0.717, 1.165) is 11.1 Å². The molecule has 0 aliphatic carbocycles. The van der Waals surface area contributed by atoms with Crippen molar-refractivity contribution in [2.24, 2.45) is 0 Å². The first-order valence-corrected chi connectivity index (χ1v) is 14.2. The summed E-state index contributed by atoms with van der Waals surface area (Å²) in [6, 6.07) is 9.41. The van der Waals surface area contributed by atoms with E-state index in [-0.39, 0.29) is 18.2 Å². The average molecular weight is 561 g/mol. The fourth-order valence-electron chi connectivity index (χ4n) is 4.56. The molecule has 1 saturated heterocycles. The molecule has 0 N–H and O–H groups in total. The zero-order valence-corrected chi connectivity index (χ0v) is 25.5. The number of thiol groups is 1. The molecule has 0 spiro atoms. The Bertz CT molecular complexity index is 1080. The number of fused-ring (bicyclic) bond motifs is 1. The van der Waals surface area contributed by atoms with Gasteiger partial charge in [0.1, 0.15) is 22.9 Å². The molecule has 1 aromatic heterocycles. The minimum atomic E-state index is -0.531. The quantitative estimate of drug-likeness (QED) is 0.451. The molecule has 0 unspecified atom stereocenters. The maximum absolute atomic E-state index is 13.8. The van der Waals surface area contributed by atoms with Gasteiger partial charge in [0.25, 0.3) is 0 Å². The number of carbonyl (C=O) groups excluding carboxylic acids is 2. The Hall–Kier alpha value is -3.14. The largest absolute Gasteiger partial charge is 0.497 e. The Kier molecular flexibility index (Phi) is 12.2. The second kappa shape index (κ2) is 14.9. The van der Waals surface area contributed by atoms with Crippen LogP contribution in [0.3, 0.4) is 0 Å². The zero-order chi connectivity index (χ0) is 29.2. The molecule has 2 aliphatic rings. The van der Waals surface area contributed by atoms with Crippen LogP contribution in [0.1, 0.15) is 58.6 Å². The van der Waals surface area contributed by atoms with Crippen molar-refractivity contribution in [1.29, 1.82) is 0 Å². The van der Waals surface area contributed by atoms with E-state index in [1.165, 1.54) is 0 Å². The third-order valence-electron chi connectivity index (χ3n) is 6.32. The standard InChI is InChI=1S/C26H34N4O5.C2H6.CH4S/c1-26(2,3)35-25(32)28-13-10-20(11-14-28)29-17-19-7-6-12-27-23(19)30(24(29)31)16-18-8-9-21(33-4)15-22(18)34-5;2*1-2/h6-9,12,15,20H,10-11,13-14,16-17H2,1-5H3;1-2H3;2H,1H3. The van der Waals surface area contributed by atoms with Crippen molar-refractivity contribution in [1.82, 2.24) is 14.8 Å². The Morgan fingerprint density at radius 2 is 1.74 bits per heavy atom. The number of methoxy groups -OCH3 is 2. The van der Waals surface area contributed by atoms with Crippen LogP contribution in [-0.4, -0.2) is 72.1 Å². The molecule has 9 nitrogen and oxygen atoms in total. The fourth-order valence-corrected chi connectivity index (χ4v) is 4.56. The van der Waals surface area contributed by atoms with Crippen LogP contribution in [0.2, 0.25) is 0 Å². The van der Waals surface area contributed by atoms with Gasteiger partial charge in [0.2, 0.25) is 0 Å².